The smallest absolute Gasteiger partial charge is 0.244 e. The van der Waals surface area contributed by atoms with Crippen molar-refractivity contribution in [3.05, 3.63) is 94.8 Å². The summed E-state index contributed by atoms with van der Waals surface area (Å²) in [6.07, 6.45) is 0.456. The number of halogens is 1. The summed E-state index contributed by atoms with van der Waals surface area (Å²) < 4.78 is 41.9. The predicted octanol–water partition coefficient (Wildman–Crippen LogP) is 4.62. The zero-order valence-corrected chi connectivity index (χ0v) is 19.2. The van der Waals surface area contributed by atoms with E-state index in [4.69, 9.17) is 0 Å². The quantitative estimate of drug-likeness (QED) is 0.540. The second kappa shape index (κ2) is 10.1. The summed E-state index contributed by atoms with van der Waals surface area (Å²) in [4.78, 5) is 12.9. The van der Waals surface area contributed by atoms with Crippen molar-refractivity contribution in [2.75, 3.05) is 18.4 Å². The van der Waals surface area contributed by atoms with E-state index in [1.807, 2.05) is 49.4 Å². The van der Waals surface area contributed by atoms with Crippen molar-refractivity contribution in [2.24, 2.45) is 0 Å². The van der Waals surface area contributed by atoms with Gasteiger partial charge in [-0.3, -0.25) is 4.79 Å². The van der Waals surface area contributed by atoms with Gasteiger partial charge >= 0.3 is 0 Å². The predicted molar refractivity (Wildman–Crippen MR) is 125 cm³/mol. The van der Waals surface area contributed by atoms with Gasteiger partial charge < -0.3 is 5.32 Å². The van der Waals surface area contributed by atoms with E-state index >= 15 is 0 Å². The molecule has 168 valence electrons. The Labute approximate surface area is 188 Å². The second-order valence-corrected chi connectivity index (χ2v) is 9.74. The molecule has 0 spiro atoms. The van der Waals surface area contributed by atoms with E-state index < -0.39 is 21.7 Å². The minimum Gasteiger partial charge on any atom is -0.325 e. The third-order valence-corrected chi connectivity index (χ3v) is 7.27. The summed E-state index contributed by atoms with van der Waals surface area (Å²) in [7, 11) is -3.95. The van der Waals surface area contributed by atoms with Gasteiger partial charge in [0.05, 0.1) is 11.4 Å². The lowest BCUT2D eigenvalue weighted by atomic mass is 10.1. The third kappa shape index (κ3) is 5.81. The fraction of sp³-hybridized carbons (Fsp3) is 0.240. The molecule has 0 aliphatic carbocycles. The molecule has 3 rings (SSSR count). The third-order valence-electron chi connectivity index (χ3n) is 5.12. The highest BCUT2D eigenvalue weighted by atomic mass is 32.2. The Morgan fingerprint density at radius 1 is 0.938 bits per heavy atom. The molecule has 0 saturated carbocycles. The molecule has 0 saturated heterocycles. The number of nitrogens with zero attached hydrogens (tertiary/aromatic N) is 1. The average molecular weight is 455 g/mol. The summed E-state index contributed by atoms with van der Waals surface area (Å²) >= 11 is 0. The first-order chi connectivity index (χ1) is 15.2. The first-order valence-electron chi connectivity index (χ1n) is 10.3. The summed E-state index contributed by atoms with van der Waals surface area (Å²) in [5.41, 5.74) is 3.49. The number of hydrogen-bond donors (Lipinski definition) is 1. The molecular weight excluding hydrogens is 427 g/mol. The number of anilines is 1. The van der Waals surface area contributed by atoms with E-state index in [0.29, 0.717) is 17.5 Å². The van der Waals surface area contributed by atoms with Gasteiger partial charge in [0, 0.05) is 12.2 Å². The SMILES string of the molecule is Cc1cc(C)c(S(=O)(=O)N(CCc2ccccc2)CC(=O)Nc2cccc(F)c2)c(C)c1. The van der Waals surface area contributed by atoms with Crippen molar-refractivity contribution in [2.45, 2.75) is 32.1 Å². The molecule has 7 heteroatoms. The number of hydrogen-bond acceptors (Lipinski definition) is 3. The van der Waals surface area contributed by atoms with Crippen LogP contribution in [0.1, 0.15) is 22.3 Å². The molecule has 3 aromatic rings. The number of rotatable bonds is 8. The second-order valence-electron chi connectivity index (χ2n) is 7.86. The van der Waals surface area contributed by atoms with E-state index in [1.54, 1.807) is 19.9 Å². The minimum atomic E-state index is -3.95. The Morgan fingerprint density at radius 2 is 1.59 bits per heavy atom. The highest BCUT2D eigenvalue weighted by Crippen LogP contribution is 2.25. The monoisotopic (exact) mass is 454 g/mol. The van der Waals surface area contributed by atoms with Crippen LogP contribution < -0.4 is 5.32 Å². The minimum absolute atomic E-state index is 0.135. The van der Waals surface area contributed by atoms with E-state index in [-0.39, 0.29) is 23.7 Å². The number of sulfonamides is 1. The lowest BCUT2D eigenvalue weighted by Gasteiger charge is -2.24. The normalized spacial score (nSPS) is 11.5. The van der Waals surface area contributed by atoms with Crippen LogP contribution in [0, 0.1) is 26.6 Å². The highest BCUT2D eigenvalue weighted by molar-refractivity contribution is 7.89. The van der Waals surface area contributed by atoms with Gasteiger partial charge in [-0.15, -0.1) is 0 Å². The number of aryl methyl sites for hydroxylation is 3. The number of amides is 1. The number of benzene rings is 3. The molecule has 0 bridgehead atoms. The standard InChI is InChI=1S/C25H27FN2O3S/c1-18-14-19(2)25(20(3)15-18)32(30,31)28(13-12-21-8-5-4-6-9-21)17-24(29)27-23-11-7-10-22(26)16-23/h4-11,14-16H,12-13,17H2,1-3H3,(H,27,29). The zero-order chi connectivity index (χ0) is 23.3. The Kier molecular flexibility index (Phi) is 7.43. The van der Waals surface area contributed by atoms with Crippen molar-refractivity contribution >= 4 is 21.6 Å². The lowest BCUT2D eigenvalue weighted by molar-refractivity contribution is -0.116. The topological polar surface area (TPSA) is 66.5 Å². The maximum Gasteiger partial charge on any atom is 0.244 e. The number of nitrogens with one attached hydrogen (secondary N) is 1. The van der Waals surface area contributed by atoms with Gasteiger partial charge in [-0.25, -0.2) is 12.8 Å². The molecule has 1 amide bonds. The van der Waals surface area contributed by atoms with Crippen molar-refractivity contribution < 1.29 is 17.6 Å². The fourth-order valence-electron chi connectivity index (χ4n) is 3.81. The Hall–Kier alpha value is -3.03. The van der Waals surface area contributed by atoms with Gasteiger partial charge in [0.15, 0.2) is 0 Å². The van der Waals surface area contributed by atoms with Crippen LogP contribution >= 0.6 is 0 Å². The summed E-state index contributed by atoms with van der Waals surface area (Å²) in [5, 5.41) is 2.59. The molecule has 0 radical (unpaired) electrons. The van der Waals surface area contributed by atoms with Gasteiger partial charge in [-0.2, -0.15) is 4.31 Å². The van der Waals surface area contributed by atoms with Crippen molar-refractivity contribution in [1.82, 2.24) is 4.31 Å². The maximum atomic E-state index is 13.6. The number of carbonyl (C=O) groups excluding carboxylic acids is 1. The van der Waals surface area contributed by atoms with Crippen molar-refractivity contribution in [3.63, 3.8) is 0 Å². The molecule has 0 fully saturated rings. The molecule has 0 aliphatic heterocycles. The molecular formula is C25H27FN2O3S. The maximum absolute atomic E-state index is 13.6. The molecule has 0 unspecified atom stereocenters. The van der Waals surface area contributed by atoms with Crippen LogP contribution in [-0.4, -0.2) is 31.7 Å². The molecule has 0 aliphatic rings. The Balaban J connectivity index is 1.90. The molecule has 32 heavy (non-hydrogen) atoms. The molecule has 5 nitrogen and oxygen atoms in total. The van der Waals surface area contributed by atoms with Gasteiger partial charge in [0.2, 0.25) is 15.9 Å². The van der Waals surface area contributed by atoms with Gasteiger partial charge in [0.25, 0.3) is 0 Å². The van der Waals surface area contributed by atoms with Crippen LogP contribution in [0.2, 0.25) is 0 Å². The lowest BCUT2D eigenvalue weighted by Crippen LogP contribution is -2.39. The van der Waals surface area contributed by atoms with Gasteiger partial charge in [-0.1, -0.05) is 54.1 Å². The molecule has 0 heterocycles. The highest BCUT2D eigenvalue weighted by Gasteiger charge is 2.29. The van der Waals surface area contributed by atoms with Gasteiger partial charge in [-0.05, 0) is 62.1 Å². The van der Waals surface area contributed by atoms with Crippen molar-refractivity contribution in [3.8, 4) is 0 Å². The fourth-order valence-corrected chi connectivity index (χ4v) is 5.62. The molecule has 0 aromatic heterocycles. The number of carbonyl (C=O) groups is 1. The van der Waals surface area contributed by atoms with Crippen molar-refractivity contribution in [1.29, 1.82) is 0 Å². The molecule has 0 atom stereocenters. The van der Waals surface area contributed by atoms with Crippen LogP contribution in [0.25, 0.3) is 0 Å². The van der Waals surface area contributed by atoms with Gasteiger partial charge in [0.1, 0.15) is 5.82 Å². The van der Waals surface area contributed by atoms with Crippen LogP contribution in [-0.2, 0) is 21.2 Å². The van der Waals surface area contributed by atoms with Crippen LogP contribution in [0.15, 0.2) is 71.6 Å². The van der Waals surface area contributed by atoms with Crippen LogP contribution in [0.5, 0.6) is 0 Å². The summed E-state index contributed by atoms with van der Waals surface area (Å²) in [5.74, 6) is -1.02. The Morgan fingerprint density at radius 3 is 2.22 bits per heavy atom. The summed E-state index contributed by atoms with van der Waals surface area (Å²) in [6, 6.07) is 18.6. The van der Waals surface area contributed by atoms with E-state index in [1.165, 1.54) is 22.5 Å². The Bertz CT molecular complexity index is 1190. The average Bonchev–Trinajstić information content (AvgIpc) is 2.70. The van der Waals surface area contributed by atoms with E-state index in [9.17, 15) is 17.6 Å². The first-order valence-corrected chi connectivity index (χ1v) is 11.8. The largest absolute Gasteiger partial charge is 0.325 e. The van der Waals surface area contributed by atoms with E-state index in [0.717, 1.165) is 11.1 Å². The summed E-state index contributed by atoms with van der Waals surface area (Å²) in [6.45, 7) is 5.19. The first kappa shape index (κ1) is 23.6. The molecule has 1 N–H and O–H groups in total. The zero-order valence-electron chi connectivity index (χ0n) is 18.4. The van der Waals surface area contributed by atoms with E-state index in [2.05, 4.69) is 5.32 Å². The van der Waals surface area contributed by atoms with Crippen LogP contribution in [0.3, 0.4) is 0 Å². The molecule has 3 aromatic carbocycles. The van der Waals surface area contributed by atoms with Crippen LogP contribution in [0.4, 0.5) is 10.1 Å².